The molecule has 1 aliphatic carbocycles. The van der Waals surface area contributed by atoms with Crippen LogP contribution in [0.25, 0.3) is 0 Å². The third kappa shape index (κ3) is 2.95. The SMILES string of the molecule is CNC(CSc1cc(F)ccc1F)C1CC1. The van der Waals surface area contributed by atoms with Crippen LogP contribution >= 0.6 is 11.8 Å². The van der Waals surface area contributed by atoms with Crippen molar-refractivity contribution >= 4 is 11.8 Å². The number of thioether (sulfide) groups is 1. The number of halogens is 2. The lowest BCUT2D eigenvalue weighted by Crippen LogP contribution is -2.29. The van der Waals surface area contributed by atoms with Gasteiger partial charge in [-0.25, -0.2) is 8.78 Å². The summed E-state index contributed by atoms with van der Waals surface area (Å²) in [5, 5.41) is 3.23. The van der Waals surface area contributed by atoms with Crippen LogP contribution in [0.3, 0.4) is 0 Å². The van der Waals surface area contributed by atoms with E-state index in [9.17, 15) is 8.78 Å². The van der Waals surface area contributed by atoms with E-state index < -0.39 is 0 Å². The van der Waals surface area contributed by atoms with Crippen molar-refractivity contribution in [1.29, 1.82) is 0 Å². The first kappa shape index (κ1) is 11.9. The molecule has 2 rings (SSSR count). The van der Waals surface area contributed by atoms with Crippen LogP contribution in [0.2, 0.25) is 0 Å². The Morgan fingerprint density at radius 2 is 2.19 bits per heavy atom. The molecule has 0 spiro atoms. The van der Waals surface area contributed by atoms with Crippen molar-refractivity contribution in [2.75, 3.05) is 12.8 Å². The summed E-state index contributed by atoms with van der Waals surface area (Å²) in [4.78, 5) is 0.404. The fraction of sp³-hybridized carbons (Fsp3) is 0.500. The molecule has 88 valence electrons. The minimum absolute atomic E-state index is 0.336. The van der Waals surface area contributed by atoms with Crippen molar-refractivity contribution in [2.24, 2.45) is 5.92 Å². The summed E-state index contributed by atoms with van der Waals surface area (Å²) < 4.78 is 26.3. The molecule has 4 heteroatoms. The first-order valence-electron chi connectivity index (χ1n) is 5.46. The molecule has 1 N–H and O–H groups in total. The third-order valence-corrected chi connectivity index (χ3v) is 4.02. The smallest absolute Gasteiger partial charge is 0.136 e. The van der Waals surface area contributed by atoms with Crippen molar-refractivity contribution in [3.05, 3.63) is 29.8 Å². The Morgan fingerprint density at radius 3 is 2.81 bits per heavy atom. The van der Waals surface area contributed by atoms with Crippen LogP contribution in [-0.2, 0) is 0 Å². The molecule has 0 heterocycles. The molecule has 0 radical (unpaired) electrons. The van der Waals surface area contributed by atoms with Gasteiger partial charge in [0.2, 0.25) is 0 Å². The fourth-order valence-corrected chi connectivity index (χ4v) is 2.92. The summed E-state index contributed by atoms with van der Waals surface area (Å²) >= 11 is 1.38. The summed E-state index contributed by atoms with van der Waals surface area (Å²) in [6, 6.07) is 4.01. The Morgan fingerprint density at radius 1 is 1.44 bits per heavy atom. The quantitative estimate of drug-likeness (QED) is 0.798. The van der Waals surface area contributed by atoms with Gasteiger partial charge in [0.05, 0.1) is 0 Å². The minimum atomic E-state index is -0.378. The number of rotatable bonds is 5. The molecule has 0 aliphatic heterocycles. The van der Waals surface area contributed by atoms with Crippen molar-refractivity contribution in [3.8, 4) is 0 Å². The highest BCUT2D eigenvalue weighted by molar-refractivity contribution is 7.99. The van der Waals surface area contributed by atoms with Gasteiger partial charge in [0.25, 0.3) is 0 Å². The number of hydrogen-bond donors (Lipinski definition) is 1. The minimum Gasteiger partial charge on any atom is -0.316 e. The van der Waals surface area contributed by atoms with Crippen LogP contribution < -0.4 is 5.32 Å². The van der Waals surface area contributed by atoms with Gasteiger partial charge < -0.3 is 5.32 Å². The fourth-order valence-electron chi connectivity index (χ4n) is 1.72. The summed E-state index contributed by atoms with van der Waals surface area (Å²) in [7, 11) is 1.92. The Hall–Kier alpha value is -0.610. The van der Waals surface area contributed by atoms with Gasteiger partial charge in [-0.1, -0.05) is 0 Å². The first-order valence-corrected chi connectivity index (χ1v) is 6.44. The molecule has 0 aromatic heterocycles. The number of hydrogen-bond acceptors (Lipinski definition) is 2. The highest BCUT2D eigenvalue weighted by Crippen LogP contribution is 2.35. The largest absolute Gasteiger partial charge is 0.316 e. The lowest BCUT2D eigenvalue weighted by molar-refractivity contribution is 0.551. The van der Waals surface area contributed by atoms with E-state index in [1.807, 2.05) is 7.05 Å². The normalized spacial score (nSPS) is 17.4. The average molecular weight is 243 g/mol. The van der Waals surface area contributed by atoms with Crippen molar-refractivity contribution in [3.63, 3.8) is 0 Å². The zero-order valence-corrected chi connectivity index (χ0v) is 9.99. The number of nitrogens with one attached hydrogen (secondary N) is 1. The van der Waals surface area contributed by atoms with Gasteiger partial charge in [0, 0.05) is 16.7 Å². The topological polar surface area (TPSA) is 12.0 Å². The standard InChI is InChI=1S/C12H15F2NS/c1-15-11(8-2-3-8)7-16-12-6-9(13)4-5-10(12)14/h4-6,8,11,15H,2-3,7H2,1H3. The van der Waals surface area contributed by atoms with E-state index in [-0.39, 0.29) is 11.6 Å². The lowest BCUT2D eigenvalue weighted by Gasteiger charge is -2.14. The van der Waals surface area contributed by atoms with Crippen LogP contribution in [0, 0.1) is 17.6 Å². The van der Waals surface area contributed by atoms with E-state index in [2.05, 4.69) is 5.32 Å². The molecule has 1 atom stereocenters. The van der Waals surface area contributed by atoms with Gasteiger partial charge in [-0.3, -0.25) is 0 Å². The second-order valence-electron chi connectivity index (χ2n) is 4.12. The molecular weight excluding hydrogens is 228 g/mol. The Labute approximate surface area is 98.6 Å². The van der Waals surface area contributed by atoms with Crippen LogP contribution in [0.4, 0.5) is 8.78 Å². The van der Waals surface area contributed by atoms with E-state index >= 15 is 0 Å². The Kier molecular flexibility index (Phi) is 3.82. The Bertz CT molecular complexity index is 366. The molecule has 1 aromatic rings. The predicted octanol–water partition coefficient (Wildman–Crippen LogP) is 3.05. The van der Waals surface area contributed by atoms with Gasteiger partial charge in [-0.05, 0) is 44.0 Å². The lowest BCUT2D eigenvalue weighted by atomic mass is 10.2. The number of benzene rings is 1. The van der Waals surface area contributed by atoms with Crippen LogP contribution in [-0.4, -0.2) is 18.8 Å². The van der Waals surface area contributed by atoms with Crippen molar-refractivity contribution in [1.82, 2.24) is 5.32 Å². The van der Waals surface area contributed by atoms with Crippen LogP contribution in [0.5, 0.6) is 0 Å². The maximum absolute atomic E-state index is 13.3. The molecule has 1 aromatic carbocycles. The van der Waals surface area contributed by atoms with Crippen LogP contribution in [0.1, 0.15) is 12.8 Å². The monoisotopic (exact) mass is 243 g/mol. The highest BCUT2D eigenvalue weighted by atomic mass is 32.2. The van der Waals surface area contributed by atoms with Gasteiger partial charge in [-0.2, -0.15) is 0 Å². The maximum Gasteiger partial charge on any atom is 0.136 e. The molecule has 16 heavy (non-hydrogen) atoms. The van der Waals surface area contributed by atoms with Gasteiger partial charge in [0.1, 0.15) is 11.6 Å². The molecule has 0 amide bonds. The van der Waals surface area contributed by atoms with E-state index in [1.165, 1.54) is 36.7 Å². The maximum atomic E-state index is 13.3. The third-order valence-electron chi connectivity index (χ3n) is 2.87. The Balaban J connectivity index is 1.95. The zero-order valence-electron chi connectivity index (χ0n) is 9.17. The van der Waals surface area contributed by atoms with E-state index in [0.717, 1.165) is 11.8 Å². The first-order chi connectivity index (χ1) is 7.70. The van der Waals surface area contributed by atoms with Gasteiger partial charge in [-0.15, -0.1) is 11.8 Å². The second kappa shape index (κ2) is 5.15. The van der Waals surface area contributed by atoms with Crippen LogP contribution in [0.15, 0.2) is 23.1 Å². The molecule has 1 nitrogen and oxygen atoms in total. The zero-order chi connectivity index (χ0) is 11.5. The molecule has 1 unspecified atom stereocenters. The molecule has 1 aliphatic rings. The van der Waals surface area contributed by atoms with E-state index in [0.29, 0.717) is 16.9 Å². The molecule has 0 bridgehead atoms. The molecule has 1 saturated carbocycles. The predicted molar refractivity (Wildman–Crippen MR) is 62.7 cm³/mol. The molecular formula is C12H15F2NS. The molecule has 0 saturated heterocycles. The summed E-state index contributed by atoms with van der Waals surface area (Å²) in [5.74, 6) is 0.796. The van der Waals surface area contributed by atoms with E-state index in [4.69, 9.17) is 0 Å². The van der Waals surface area contributed by atoms with Crippen molar-refractivity contribution < 1.29 is 8.78 Å². The second-order valence-corrected chi connectivity index (χ2v) is 5.18. The summed E-state index contributed by atoms with van der Waals surface area (Å²) in [6.07, 6.45) is 2.50. The average Bonchev–Trinajstić information content (AvgIpc) is 3.08. The summed E-state index contributed by atoms with van der Waals surface area (Å²) in [5.41, 5.74) is 0. The molecule has 1 fully saturated rings. The van der Waals surface area contributed by atoms with E-state index in [1.54, 1.807) is 0 Å². The van der Waals surface area contributed by atoms with Gasteiger partial charge in [0.15, 0.2) is 0 Å². The van der Waals surface area contributed by atoms with Gasteiger partial charge >= 0.3 is 0 Å². The highest BCUT2D eigenvalue weighted by Gasteiger charge is 2.30. The summed E-state index contributed by atoms with van der Waals surface area (Å²) in [6.45, 7) is 0. The van der Waals surface area contributed by atoms with Crippen molar-refractivity contribution in [2.45, 2.75) is 23.8 Å².